The average molecular weight is 225 g/mol. The molecule has 1 heterocycles. The lowest BCUT2D eigenvalue weighted by Crippen LogP contribution is -2.16. The molecule has 78 valence electrons. The zero-order valence-electron chi connectivity index (χ0n) is 8.08. The monoisotopic (exact) mass is 224 g/mol. The van der Waals surface area contributed by atoms with Gasteiger partial charge in [0.05, 0.1) is 11.0 Å². The lowest BCUT2D eigenvalue weighted by Gasteiger charge is -2.27. The molecule has 2 nitrogen and oxygen atoms in total. The van der Waals surface area contributed by atoms with Gasteiger partial charge in [-0.3, -0.25) is 0 Å². The van der Waals surface area contributed by atoms with Gasteiger partial charge in [0.2, 0.25) is 5.28 Å². The van der Waals surface area contributed by atoms with Crippen molar-refractivity contribution in [1.82, 2.24) is 9.55 Å². The molecule has 1 aliphatic carbocycles. The first kappa shape index (κ1) is 9.16. The van der Waals surface area contributed by atoms with E-state index < -0.39 is 0 Å². The fraction of sp³-hybridized carbons (Fsp3) is 0.364. The van der Waals surface area contributed by atoms with Crippen molar-refractivity contribution < 1.29 is 4.39 Å². The summed E-state index contributed by atoms with van der Waals surface area (Å²) in [5.41, 5.74) is 1.58. The molecular formula is C11H10ClFN2. The molecule has 15 heavy (non-hydrogen) atoms. The Morgan fingerprint density at radius 3 is 2.87 bits per heavy atom. The van der Waals surface area contributed by atoms with Gasteiger partial charge in [-0.2, -0.15) is 0 Å². The minimum atomic E-state index is -0.266. The van der Waals surface area contributed by atoms with E-state index in [2.05, 4.69) is 4.98 Å². The quantitative estimate of drug-likeness (QED) is 0.724. The molecule has 0 N–H and O–H groups in total. The Morgan fingerprint density at radius 1 is 1.40 bits per heavy atom. The van der Waals surface area contributed by atoms with Crippen LogP contribution in [0.15, 0.2) is 18.2 Å². The van der Waals surface area contributed by atoms with Crippen LogP contribution in [-0.4, -0.2) is 9.55 Å². The molecule has 3 rings (SSSR count). The molecule has 1 aromatic carbocycles. The third-order valence-corrected chi connectivity index (χ3v) is 3.31. The molecule has 1 fully saturated rings. The number of imidazole rings is 1. The van der Waals surface area contributed by atoms with Crippen LogP contribution < -0.4 is 0 Å². The zero-order valence-corrected chi connectivity index (χ0v) is 8.84. The number of benzene rings is 1. The molecule has 0 aliphatic heterocycles. The van der Waals surface area contributed by atoms with E-state index in [-0.39, 0.29) is 5.82 Å². The van der Waals surface area contributed by atoms with Crippen molar-refractivity contribution in [2.45, 2.75) is 25.3 Å². The summed E-state index contributed by atoms with van der Waals surface area (Å²) in [7, 11) is 0. The van der Waals surface area contributed by atoms with Crippen LogP contribution in [-0.2, 0) is 0 Å². The van der Waals surface area contributed by atoms with Crippen molar-refractivity contribution in [2.24, 2.45) is 0 Å². The lowest BCUT2D eigenvalue weighted by molar-refractivity contribution is 0.320. The van der Waals surface area contributed by atoms with E-state index in [0.717, 1.165) is 18.4 Å². The number of hydrogen-bond donors (Lipinski definition) is 0. The smallest absolute Gasteiger partial charge is 0.204 e. The van der Waals surface area contributed by atoms with Crippen molar-refractivity contribution in [2.75, 3.05) is 0 Å². The Balaban J connectivity index is 2.23. The molecule has 0 saturated heterocycles. The summed E-state index contributed by atoms with van der Waals surface area (Å²) in [6, 6.07) is 5.08. The number of nitrogens with zero attached hydrogens (tertiary/aromatic N) is 2. The van der Waals surface area contributed by atoms with Crippen LogP contribution >= 0.6 is 11.6 Å². The van der Waals surface area contributed by atoms with Gasteiger partial charge in [-0.15, -0.1) is 0 Å². The van der Waals surface area contributed by atoms with Crippen LogP contribution in [0.25, 0.3) is 11.0 Å². The second-order valence-corrected chi connectivity index (χ2v) is 4.31. The Hall–Kier alpha value is -1.09. The standard InChI is InChI=1S/C11H10ClFN2/c12-11-14-9-6-7(13)4-5-10(9)15(11)8-2-1-3-8/h4-6,8H,1-3H2. The highest BCUT2D eigenvalue weighted by Gasteiger charge is 2.23. The van der Waals surface area contributed by atoms with Crippen molar-refractivity contribution in [3.05, 3.63) is 29.3 Å². The van der Waals surface area contributed by atoms with E-state index in [1.807, 2.05) is 4.57 Å². The molecular weight excluding hydrogens is 215 g/mol. The SMILES string of the molecule is Fc1ccc2c(c1)nc(Cl)n2C1CCC1. The van der Waals surface area contributed by atoms with E-state index in [1.54, 1.807) is 6.07 Å². The normalized spacial score (nSPS) is 16.9. The largest absolute Gasteiger partial charge is 0.312 e. The van der Waals surface area contributed by atoms with Crippen molar-refractivity contribution in [3.8, 4) is 0 Å². The van der Waals surface area contributed by atoms with Gasteiger partial charge in [-0.25, -0.2) is 9.37 Å². The second kappa shape index (κ2) is 3.20. The average Bonchev–Trinajstić information content (AvgIpc) is 2.40. The fourth-order valence-corrected chi connectivity index (χ4v) is 2.35. The van der Waals surface area contributed by atoms with Crippen molar-refractivity contribution in [3.63, 3.8) is 0 Å². The molecule has 0 spiro atoms. The molecule has 0 amide bonds. The molecule has 0 bridgehead atoms. The van der Waals surface area contributed by atoms with E-state index in [1.165, 1.54) is 18.6 Å². The van der Waals surface area contributed by atoms with Gasteiger partial charge in [-0.1, -0.05) is 0 Å². The molecule has 4 heteroatoms. The van der Waals surface area contributed by atoms with Crippen LogP contribution in [0.2, 0.25) is 5.28 Å². The maximum atomic E-state index is 13.0. The molecule has 1 aliphatic rings. The van der Waals surface area contributed by atoms with Gasteiger partial charge in [0.25, 0.3) is 0 Å². The molecule has 0 radical (unpaired) electrons. The van der Waals surface area contributed by atoms with E-state index in [9.17, 15) is 4.39 Å². The number of halogens is 2. The van der Waals surface area contributed by atoms with E-state index in [4.69, 9.17) is 11.6 Å². The first-order chi connectivity index (χ1) is 7.25. The summed E-state index contributed by atoms with van der Waals surface area (Å²) in [5, 5.41) is 0.473. The first-order valence-corrected chi connectivity index (χ1v) is 5.46. The molecule has 1 saturated carbocycles. The predicted octanol–water partition coefficient (Wildman–Crippen LogP) is 3.55. The van der Waals surface area contributed by atoms with Crippen molar-refractivity contribution in [1.29, 1.82) is 0 Å². The Morgan fingerprint density at radius 2 is 2.20 bits per heavy atom. The maximum Gasteiger partial charge on any atom is 0.204 e. The highest BCUT2D eigenvalue weighted by molar-refractivity contribution is 6.29. The summed E-state index contributed by atoms with van der Waals surface area (Å²) < 4.78 is 15.0. The molecule has 0 atom stereocenters. The van der Waals surface area contributed by atoms with Gasteiger partial charge in [-0.05, 0) is 43.0 Å². The third kappa shape index (κ3) is 1.34. The molecule has 2 aromatic rings. The summed E-state index contributed by atoms with van der Waals surface area (Å²) in [6.45, 7) is 0. The van der Waals surface area contributed by atoms with Gasteiger partial charge in [0.1, 0.15) is 5.82 Å². The summed E-state index contributed by atoms with van der Waals surface area (Å²) in [5.74, 6) is -0.266. The highest BCUT2D eigenvalue weighted by atomic mass is 35.5. The number of aromatic nitrogens is 2. The van der Waals surface area contributed by atoms with Gasteiger partial charge in [0.15, 0.2) is 0 Å². The molecule has 0 unspecified atom stereocenters. The lowest BCUT2D eigenvalue weighted by atomic mass is 9.93. The topological polar surface area (TPSA) is 17.8 Å². The van der Waals surface area contributed by atoms with Crippen LogP contribution in [0.4, 0.5) is 4.39 Å². The van der Waals surface area contributed by atoms with Crippen molar-refractivity contribution >= 4 is 22.6 Å². The summed E-state index contributed by atoms with van der Waals surface area (Å²) >= 11 is 6.06. The van der Waals surface area contributed by atoms with E-state index in [0.29, 0.717) is 16.8 Å². The minimum absolute atomic E-state index is 0.266. The number of rotatable bonds is 1. The van der Waals surface area contributed by atoms with Crippen LogP contribution in [0.3, 0.4) is 0 Å². The predicted molar refractivity (Wildman–Crippen MR) is 57.6 cm³/mol. The van der Waals surface area contributed by atoms with Gasteiger partial charge >= 0.3 is 0 Å². The first-order valence-electron chi connectivity index (χ1n) is 5.09. The number of fused-ring (bicyclic) bond motifs is 1. The van der Waals surface area contributed by atoms with Crippen LogP contribution in [0.5, 0.6) is 0 Å². The van der Waals surface area contributed by atoms with Crippen LogP contribution in [0.1, 0.15) is 25.3 Å². The van der Waals surface area contributed by atoms with Crippen LogP contribution in [0, 0.1) is 5.82 Å². The minimum Gasteiger partial charge on any atom is -0.312 e. The fourth-order valence-electron chi connectivity index (χ4n) is 2.03. The summed E-state index contributed by atoms with van der Waals surface area (Å²) in [4.78, 5) is 4.17. The Bertz CT molecular complexity index is 517. The van der Waals surface area contributed by atoms with Gasteiger partial charge in [0, 0.05) is 12.1 Å². The Kier molecular flexibility index (Phi) is 1.96. The van der Waals surface area contributed by atoms with E-state index >= 15 is 0 Å². The molecule has 1 aromatic heterocycles. The second-order valence-electron chi connectivity index (χ2n) is 3.97. The Labute approximate surface area is 91.7 Å². The van der Waals surface area contributed by atoms with Gasteiger partial charge < -0.3 is 4.57 Å². The zero-order chi connectivity index (χ0) is 10.4. The number of hydrogen-bond acceptors (Lipinski definition) is 1. The highest BCUT2D eigenvalue weighted by Crippen LogP contribution is 2.36. The summed E-state index contributed by atoms with van der Waals surface area (Å²) in [6.07, 6.45) is 3.52. The maximum absolute atomic E-state index is 13.0. The third-order valence-electron chi connectivity index (χ3n) is 3.05.